The second kappa shape index (κ2) is 6.43. The maximum atomic E-state index is 6.76. The van der Waals surface area contributed by atoms with Gasteiger partial charge in [-0.1, -0.05) is 17.7 Å². The predicted molar refractivity (Wildman–Crippen MR) is 120 cm³/mol. The molecule has 8 heteroatoms. The summed E-state index contributed by atoms with van der Waals surface area (Å²) in [6.07, 6.45) is 8.35. The van der Waals surface area contributed by atoms with Crippen molar-refractivity contribution in [3.8, 4) is 11.1 Å². The van der Waals surface area contributed by atoms with E-state index < -0.39 is 0 Å². The highest BCUT2D eigenvalue weighted by atomic mass is 35.5. The predicted octanol–water partition coefficient (Wildman–Crippen LogP) is 3.93. The van der Waals surface area contributed by atoms with Gasteiger partial charge in [0.15, 0.2) is 11.5 Å². The lowest BCUT2D eigenvalue weighted by atomic mass is 9.98. The molecule has 1 aromatic carbocycles. The molecule has 4 aromatic rings. The van der Waals surface area contributed by atoms with Crippen molar-refractivity contribution in [2.45, 2.75) is 50.7 Å². The third kappa shape index (κ3) is 2.58. The fourth-order valence-corrected chi connectivity index (χ4v) is 5.72. The summed E-state index contributed by atoms with van der Waals surface area (Å²) in [6, 6.07) is 5.26. The van der Waals surface area contributed by atoms with E-state index in [1.165, 1.54) is 12.8 Å². The van der Waals surface area contributed by atoms with Crippen LogP contribution in [-0.4, -0.2) is 42.9 Å². The average Bonchev–Trinajstić information content (AvgIpc) is 3.36. The zero-order valence-corrected chi connectivity index (χ0v) is 17.8. The highest BCUT2D eigenvalue weighted by Gasteiger charge is 2.41. The molecule has 30 heavy (non-hydrogen) atoms. The Labute approximate surface area is 179 Å². The number of halogens is 1. The lowest BCUT2D eigenvalue weighted by molar-refractivity contribution is 0.411. The highest BCUT2D eigenvalue weighted by Crippen LogP contribution is 2.41. The van der Waals surface area contributed by atoms with Crippen molar-refractivity contribution < 1.29 is 0 Å². The molecule has 154 valence electrons. The molecule has 3 atom stereocenters. The van der Waals surface area contributed by atoms with Crippen LogP contribution < -0.4 is 10.6 Å². The largest absolute Gasteiger partial charge is 0.349 e. The summed E-state index contributed by atoms with van der Waals surface area (Å²) >= 11 is 6.76. The average molecular weight is 422 g/mol. The molecule has 2 aliphatic heterocycles. The van der Waals surface area contributed by atoms with Gasteiger partial charge in [-0.2, -0.15) is 5.10 Å². The lowest BCUT2D eigenvalue weighted by Crippen LogP contribution is -2.48. The summed E-state index contributed by atoms with van der Waals surface area (Å²) in [5.74, 6) is 0.990. The van der Waals surface area contributed by atoms with E-state index >= 15 is 0 Å². The third-order valence-corrected chi connectivity index (χ3v) is 7.10. The van der Waals surface area contributed by atoms with Crippen molar-refractivity contribution in [2.75, 3.05) is 4.90 Å². The van der Waals surface area contributed by atoms with Crippen LogP contribution in [0.2, 0.25) is 5.02 Å². The number of H-pyrrole nitrogens is 1. The standard InChI is InChI=1S/C22H24ClN7/c1-11-22(30-13-3-4-14(30)8-12(24)7-13)27-21-20(26-11)16(9-25-21)15-5-6-18-17(19(15)23)10-29(2)28-18/h5-6,9-10,12-14H,3-4,7-8,24H2,1-2H3,(H,25,27)/t12?,13-,14+. The molecule has 2 saturated heterocycles. The van der Waals surface area contributed by atoms with Gasteiger partial charge in [0.05, 0.1) is 16.2 Å². The van der Waals surface area contributed by atoms with Crippen molar-refractivity contribution in [3.05, 3.63) is 35.2 Å². The molecule has 0 radical (unpaired) electrons. The number of hydrogen-bond acceptors (Lipinski definition) is 5. The number of piperidine rings is 1. The summed E-state index contributed by atoms with van der Waals surface area (Å²) in [5.41, 5.74) is 11.6. The van der Waals surface area contributed by atoms with Crippen molar-refractivity contribution in [2.24, 2.45) is 12.8 Å². The first kappa shape index (κ1) is 18.2. The molecule has 0 amide bonds. The number of nitrogens with zero attached hydrogens (tertiary/aromatic N) is 5. The Morgan fingerprint density at radius 1 is 1.13 bits per heavy atom. The Hall–Kier alpha value is -2.64. The summed E-state index contributed by atoms with van der Waals surface area (Å²) in [6.45, 7) is 2.05. The van der Waals surface area contributed by atoms with Gasteiger partial charge in [-0.05, 0) is 38.7 Å². The number of fused-ring (bicyclic) bond motifs is 4. The van der Waals surface area contributed by atoms with Gasteiger partial charge in [-0.3, -0.25) is 4.68 Å². The maximum absolute atomic E-state index is 6.76. The van der Waals surface area contributed by atoms with E-state index in [2.05, 4.69) is 21.9 Å². The van der Waals surface area contributed by atoms with Crippen LogP contribution in [-0.2, 0) is 7.05 Å². The van der Waals surface area contributed by atoms with Gasteiger partial charge in [0.2, 0.25) is 0 Å². The van der Waals surface area contributed by atoms with Crippen molar-refractivity contribution >= 4 is 39.5 Å². The van der Waals surface area contributed by atoms with Crippen molar-refractivity contribution in [3.63, 3.8) is 0 Å². The quantitative estimate of drug-likeness (QED) is 0.512. The molecule has 7 nitrogen and oxygen atoms in total. The normalized spacial score (nSPS) is 23.7. The molecular weight excluding hydrogens is 398 g/mol. The van der Waals surface area contributed by atoms with Gasteiger partial charge in [0, 0.05) is 54.1 Å². The highest BCUT2D eigenvalue weighted by molar-refractivity contribution is 6.38. The maximum Gasteiger partial charge on any atom is 0.159 e. The number of benzene rings is 1. The zero-order valence-electron chi connectivity index (χ0n) is 17.1. The van der Waals surface area contributed by atoms with Crippen LogP contribution >= 0.6 is 11.6 Å². The monoisotopic (exact) mass is 421 g/mol. The van der Waals surface area contributed by atoms with Crippen LogP contribution in [0, 0.1) is 6.92 Å². The van der Waals surface area contributed by atoms with Gasteiger partial charge in [0.1, 0.15) is 5.52 Å². The number of aromatic nitrogens is 5. The van der Waals surface area contributed by atoms with Gasteiger partial charge < -0.3 is 15.6 Å². The summed E-state index contributed by atoms with van der Waals surface area (Å²) in [7, 11) is 1.90. The van der Waals surface area contributed by atoms with Gasteiger partial charge >= 0.3 is 0 Å². The van der Waals surface area contributed by atoms with E-state index in [1.807, 2.05) is 31.6 Å². The van der Waals surface area contributed by atoms with Crippen molar-refractivity contribution in [1.82, 2.24) is 24.7 Å². The molecule has 0 saturated carbocycles. The molecule has 2 aliphatic rings. The second-order valence-electron chi connectivity index (χ2n) is 8.72. The number of nitrogens with two attached hydrogens (primary N) is 1. The fraction of sp³-hybridized carbons (Fsp3) is 0.409. The molecule has 5 heterocycles. The summed E-state index contributed by atoms with van der Waals surface area (Å²) in [5, 5.41) is 6.07. The van der Waals surface area contributed by atoms with E-state index in [4.69, 9.17) is 27.3 Å². The first-order valence-corrected chi connectivity index (χ1v) is 10.9. The Bertz CT molecular complexity index is 1280. The molecule has 3 aromatic heterocycles. The van der Waals surface area contributed by atoms with Gasteiger partial charge in [-0.15, -0.1) is 0 Å². The number of nitrogens with one attached hydrogen (secondary N) is 1. The molecule has 2 fully saturated rings. The summed E-state index contributed by atoms with van der Waals surface area (Å²) < 4.78 is 1.78. The van der Waals surface area contributed by atoms with E-state index in [0.717, 1.165) is 57.5 Å². The molecule has 6 rings (SSSR count). The van der Waals surface area contributed by atoms with Gasteiger partial charge in [0.25, 0.3) is 0 Å². The van der Waals surface area contributed by atoms with Gasteiger partial charge in [-0.25, -0.2) is 9.97 Å². The molecule has 0 spiro atoms. The van der Waals surface area contributed by atoms with E-state index in [9.17, 15) is 0 Å². The fourth-order valence-electron chi connectivity index (χ4n) is 5.41. The third-order valence-electron chi connectivity index (χ3n) is 6.70. The summed E-state index contributed by atoms with van der Waals surface area (Å²) in [4.78, 5) is 15.8. The van der Waals surface area contributed by atoms with Crippen LogP contribution in [0.4, 0.5) is 5.82 Å². The van der Waals surface area contributed by atoms with Crippen LogP contribution in [0.15, 0.2) is 24.5 Å². The lowest BCUT2D eigenvalue weighted by Gasteiger charge is -2.39. The Kier molecular flexibility index (Phi) is 3.89. The molecule has 2 bridgehead atoms. The number of aromatic amines is 1. The first-order chi connectivity index (χ1) is 14.5. The van der Waals surface area contributed by atoms with E-state index in [-0.39, 0.29) is 0 Å². The SMILES string of the molecule is Cc1nc2c(-c3ccc4nn(C)cc4c3Cl)c[nH]c2nc1N1[C@@H]2CC[C@H]1CC(N)C2. The minimum absolute atomic E-state index is 0.303. The van der Waals surface area contributed by atoms with Crippen LogP contribution in [0.1, 0.15) is 31.4 Å². The molecule has 3 N–H and O–H groups in total. The van der Waals surface area contributed by atoms with Crippen molar-refractivity contribution in [1.29, 1.82) is 0 Å². The van der Waals surface area contributed by atoms with E-state index in [0.29, 0.717) is 23.1 Å². The molecular formula is C22H24ClN7. The second-order valence-corrected chi connectivity index (χ2v) is 9.10. The Balaban J connectivity index is 1.46. The number of anilines is 1. The Morgan fingerprint density at radius 3 is 2.67 bits per heavy atom. The minimum Gasteiger partial charge on any atom is -0.349 e. The van der Waals surface area contributed by atoms with Crippen LogP contribution in [0.3, 0.4) is 0 Å². The molecule has 0 aliphatic carbocycles. The Morgan fingerprint density at radius 2 is 1.90 bits per heavy atom. The van der Waals surface area contributed by atoms with E-state index in [1.54, 1.807) is 4.68 Å². The topological polar surface area (TPSA) is 88.7 Å². The number of hydrogen-bond donors (Lipinski definition) is 2. The smallest absolute Gasteiger partial charge is 0.159 e. The number of rotatable bonds is 2. The van der Waals surface area contributed by atoms with Crippen LogP contribution in [0.25, 0.3) is 33.2 Å². The van der Waals surface area contributed by atoms with Crippen LogP contribution in [0.5, 0.6) is 0 Å². The zero-order chi connectivity index (χ0) is 20.6. The number of aryl methyl sites for hydroxylation is 2. The first-order valence-electron chi connectivity index (χ1n) is 10.5. The minimum atomic E-state index is 0.303. The molecule has 1 unspecified atom stereocenters.